The number of nitrogens with one attached hydrogen (secondary N) is 1. The lowest BCUT2D eigenvalue weighted by Gasteiger charge is -2.28. The third kappa shape index (κ3) is 4.50. The fourth-order valence-corrected chi connectivity index (χ4v) is 3.72. The summed E-state index contributed by atoms with van der Waals surface area (Å²) in [6, 6.07) is 4.29. The van der Waals surface area contributed by atoms with Gasteiger partial charge in [-0.1, -0.05) is 0 Å². The molecule has 1 atom stereocenters. The second-order valence-electron chi connectivity index (χ2n) is 7.45. The molecule has 1 aromatic rings. The van der Waals surface area contributed by atoms with Crippen molar-refractivity contribution in [2.24, 2.45) is 0 Å². The van der Waals surface area contributed by atoms with Crippen LogP contribution in [0, 0.1) is 0 Å². The van der Waals surface area contributed by atoms with Crippen LogP contribution in [-0.2, 0) is 4.74 Å². The lowest BCUT2D eigenvalue weighted by atomic mass is 10.2. The molecule has 1 amide bonds. The third-order valence-electron chi connectivity index (χ3n) is 5.26. The molecule has 0 radical (unpaired) electrons. The first-order valence-electron chi connectivity index (χ1n) is 9.64. The zero-order valence-electron chi connectivity index (χ0n) is 14.8. The van der Waals surface area contributed by atoms with Gasteiger partial charge in [0.1, 0.15) is 5.69 Å². The summed E-state index contributed by atoms with van der Waals surface area (Å²) in [5.41, 5.74) is 1.60. The lowest BCUT2D eigenvalue weighted by molar-refractivity contribution is 0.0451. The van der Waals surface area contributed by atoms with Gasteiger partial charge in [-0.15, -0.1) is 0 Å². The largest absolute Gasteiger partial charge is 0.375 e. The Balaban J connectivity index is 1.42. The van der Waals surface area contributed by atoms with Crippen LogP contribution in [0.15, 0.2) is 18.3 Å². The molecule has 3 heterocycles. The number of rotatable bonds is 5. The Hall–Kier alpha value is -1.66. The van der Waals surface area contributed by atoms with Crippen molar-refractivity contribution in [3.05, 3.63) is 24.0 Å². The van der Waals surface area contributed by atoms with E-state index in [1.807, 2.05) is 12.1 Å². The smallest absolute Gasteiger partial charge is 0.270 e. The molecule has 1 N–H and O–H groups in total. The van der Waals surface area contributed by atoms with Gasteiger partial charge in [0.05, 0.1) is 6.10 Å². The lowest BCUT2D eigenvalue weighted by Crippen LogP contribution is -2.39. The van der Waals surface area contributed by atoms with Gasteiger partial charge in [-0.05, 0) is 57.3 Å². The van der Waals surface area contributed by atoms with Crippen LogP contribution in [0.4, 0.5) is 5.69 Å². The van der Waals surface area contributed by atoms with Crippen molar-refractivity contribution in [3.63, 3.8) is 0 Å². The number of carbonyl (C=O) groups is 1. The first-order valence-corrected chi connectivity index (χ1v) is 9.64. The van der Waals surface area contributed by atoms with Crippen LogP contribution < -0.4 is 10.2 Å². The van der Waals surface area contributed by atoms with E-state index in [0.29, 0.717) is 11.7 Å². The molecule has 136 valence electrons. The average molecular weight is 344 g/mol. The van der Waals surface area contributed by atoms with E-state index in [9.17, 15) is 4.79 Å². The summed E-state index contributed by atoms with van der Waals surface area (Å²) in [6.07, 6.45) is 7.79. The van der Waals surface area contributed by atoms with Crippen LogP contribution >= 0.6 is 0 Å². The number of carbonyl (C=O) groups excluding carboxylic acids is 1. The number of pyridine rings is 1. The molecule has 2 saturated heterocycles. The van der Waals surface area contributed by atoms with Gasteiger partial charge in [0, 0.05) is 44.2 Å². The van der Waals surface area contributed by atoms with E-state index in [2.05, 4.69) is 20.1 Å². The number of aromatic nitrogens is 1. The summed E-state index contributed by atoms with van der Waals surface area (Å²) in [4.78, 5) is 21.4. The number of nitrogens with zero attached hydrogens (tertiary/aromatic N) is 3. The highest BCUT2D eigenvalue weighted by molar-refractivity contribution is 5.93. The minimum Gasteiger partial charge on any atom is -0.375 e. The molecule has 1 aliphatic carbocycles. The molecule has 2 aliphatic heterocycles. The van der Waals surface area contributed by atoms with Crippen LogP contribution in [0.5, 0.6) is 0 Å². The monoisotopic (exact) mass is 344 g/mol. The predicted molar refractivity (Wildman–Crippen MR) is 97.0 cm³/mol. The van der Waals surface area contributed by atoms with Gasteiger partial charge in [-0.2, -0.15) is 0 Å². The van der Waals surface area contributed by atoms with Gasteiger partial charge < -0.3 is 19.9 Å². The first-order chi connectivity index (χ1) is 12.3. The molecular weight excluding hydrogens is 316 g/mol. The maximum absolute atomic E-state index is 12.3. The van der Waals surface area contributed by atoms with E-state index < -0.39 is 0 Å². The van der Waals surface area contributed by atoms with Crippen LogP contribution in [0.2, 0.25) is 0 Å². The molecule has 0 unspecified atom stereocenters. The minimum atomic E-state index is -0.0518. The molecular formula is C19H28N4O2. The Morgan fingerprint density at radius 2 is 2.08 bits per heavy atom. The minimum absolute atomic E-state index is 0.0518. The number of hydrogen-bond donors (Lipinski definition) is 1. The number of hydrogen-bond acceptors (Lipinski definition) is 5. The van der Waals surface area contributed by atoms with Crippen LogP contribution in [0.25, 0.3) is 0 Å². The molecule has 6 heteroatoms. The van der Waals surface area contributed by atoms with Crippen molar-refractivity contribution in [2.45, 2.75) is 44.2 Å². The van der Waals surface area contributed by atoms with E-state index in [1.54, 1.807) is 6.20 Å². The Kier molecular flexibility index (Phi) is 5.17. The maximum atomic E-state index is 12.3. The topological polar surface area (TPSA) is 57.7 Å². The van der Waals surface area contributed by atoms with Gasteiger partial charge in [0.2, 0.25) is 0 Å². The molecule has 1 saturated carbocycles. The van der Waals surface area contributed by atoms with E-state index >= 15 is 0 Å². The summed E-state index contributed by atoms with van der Waals surface area (Å²) in [7, 11) is 0. The third-order valence-corrected chi connectivity index (χ3v) is 5.26. The van der Waals surface area contributed by atoms with Crippen molar-refractivity contribution >= 4 is 11.6 Å². The Morgan fingerprint density at radius 1 is 1.24 bits per heavy atom. The summed E-state index contributed by atoms with van der Waals surface area (Å²) in [6.45, 7) is 6.06. The van der Waals surface area contributed by atoms with Crippen molar-refractivity contribution in [2.75, 3.05) is 44.2 Å². The molecule has 0 spiro atoms. The van der Waals surface area contributed by atoms with Crippen molar-refractivity contribution < 1.29 is 9.53 Å². The Labute approximate surface area is 149 Å². The van der Waals surface area contributed by atoms with E-state index in [1.165, 1.54) is 25.9 Å². The standard InChI is InChI=1S/C19H28N4O2/c24-19(21-15-4-5-15)18-12-16(6-7-20-18)23-10-3-11-25-17(14-23)13-22-8-1-2-9-22/h6-7,12,15,17H,1-5,8-11,13-14H2,(H,21,24)/t17-/m1/s1. The summed E-state index contributed by atoms with van der Waals surface area (Å²) >= 11 is 0. The van der Waals surface area contributed by atoms with Crippen LogP contribution in [0.1, 0.15) is 42.6 Å². The molecule has 3 fully saturated rings. The number of likely N-dealkylation sites (tertiary alicyclic amines) is 1. The molecule has 4 rings (SSSR count). The predicted octanol–water partition coefficient (Wildman–Crippen LogP) is 1.66. The number of anilines is 1. The van der Waals surface area contributed by atoms with Crippen molar-refractivity contribution in [1.29, 1.82) is 0 Å². The highest BCUT2D eigenvalue weighted by Gasteiger charge is 2.26. The summed E-state index contributed by atoms with van der Waals surface area (Å²) < 4.78 is 6.08. The normalized spacial score (nSPS) is 25.0. The van der Waals surface area contributed by atoms with E-state index in [0.717, 1.165) is 51.2 Å². The summed E-state index contributed by atoms with van der Waals surface area (Å²) in [5, 5.41) is 3.02. The van der Waals surface area contributed by atoms with E-state index in [-0.39, 0.29) is 12.0 Å². The Morgan fingerprint density at radius 3 is 2.88 bits per heavy atom. The van der Waals surface area contributed by atoms with Crippen LogP contribution in [0.3, 0.4) is 0 Å². The zero-order chi connectivity index (χ0) is 17.1. The highest BCUT2D eigenvalue weighted by atomic mass is 16.5. The molecule has 1 aromatic heterocycles. The fourth-order valence-electron chi connectivity index (χ4n) is 3.72. The highest BCUT2D eigenvalue weighted by Crippen LogP contribution is 2.22. The van der Waals surface area contributed by atoms with Crippen LogP contribution in [-0.4, -0.2) is 67.3 Å². The van der Waals surface area contributed by atoms with Gasteiger partial charge in [-0.3, -0.25) is 9.78 Å². The average Bonchev–Trinajstić information content (AvgIpc) is 3.35. The first kappa shape index (κ1) is 16.8. The quantitative estimate of drug-likeness (QED) is 0.880. The molecule has 6 nitrogen and oxygen atoms in total. The zero-order valence-corrected chi connectivity index (χ0v) is 14.8. The van der Waals surface area contributed by atoms with Gasteiger partial charge in [-0.25, -0.2) is 0 Å². The molecule has 0 bridgehead atoms. The second kappa shape index (κ2) is 7.70. The van der Waals surface area contributed by atoms with Gasteiger partial charge in [0.15, 0.2) is 0 Å². The fraction of sp³-hybridized carbons (Fsp3) is 0.684. The second-order valence-corrected chi connectivity index (χ2v) is 7.45. The number of amides is 1. The van der Waals surface area contributed by atoms with E-state index in [4.69, 9.17) is 4.74 Å². The summed E-state index contributed by atoms with van der Waals surface area (Å²) in [5.74, 6) is -0.0518. The maximum Gasteiger partial charge on any atom is 0.270 e. The molecule has 25 heavy (non-hydrogen) atoms. The SMILES string of the molecule is O=C(NC1CC1)c1cc(N2CCCO[C@H](CN3CCCC3)C2)ccn1. The van der Waals surface area contributed by atoms with Crippen molar-refractivity contribution in [3.8, 4) is 0 Å². The molecule has 3 aliphatic rings. The molecule has 0 aromatic carbocycles. The van der Waals surface area contributed by atoms with Gasteiger partial charge >= 0.3 is 0 Å². The van der Waals surface area contributed by atoms with Gasteiger partial charge in [0.25, 0.3) is 5.91 Å². The van der Waals surface area contributed by atoms with Crippen molar-refractivity contribution in [1.82, 2.24) is 15.2 Å². The Bertz CT molecular complexity index is 599. The number of ether oxygens (including phenoxy) is 1.